The van der Waals surface area contributed by atoms with E-state index < -0.39 is 6.10 Å². The Bertz CT molecular complexity index is 1110. The van der Waals surface area contributed by atoms with E-state index in [4.69, 9.17) is 14.2 Å². The molecule has 6 heteroatoms. The van der Waals surface area contributed by atoms with Gasteiger partial charge in [-0.25, -0.2) is 0 Å². The molecule has 0 aliphatic heterocycles. The number of carbonyl (C=O) groups is 3. The van der Waals surface area contributed by atoms with Crippen LogP contribution >= 0.6 is 0 Å². The minimum Gasteiger partial charge on any atom is -0.462 e. The third-order valence-corrected chi connectivity index (χ3v) is 8.90. The van der Waals surface area contributed by atoms with E-state index >= 15 is 0 Å². The first-order valence-electron chi connectivity index (χ1n) is 22.1. The van der Waals surface area contributed by atoms with Crippen LogP contribution in [-0.2, 0) is 28.6 Å². The summed E-state index contributed by atoms with van der Waals surface area (Å²) in [5, 5.41) is 0. The van der Waals surface area contributed by atoms with Gasteiger partial charge in [-0.15, -0.1) is 0 Å². The van der Waals surface area contributed by atoms with Gasteiger partial charge in [-0.1, -0.05) is 164 Å². The molecule has 0 saturated carbocycles. The Labute approximate surface area is 337 Å². The third kappa shape index (κ3) is 41.6. The zero-order chi connectivity index (χ0) is 40.1. The molecule has 0 radical (unpaired) electrons. The van der Waals surface area contributed by atoms with Crippen molar-refractivity contribution in [3.05, 3.63) is 85.1 Å². The molecule has 0 aromatic rings. The molecule has 0 bridgehead atoms. The molecule has 0 aliphatic rings. The van der Waals surface area contributed by atoms with Crippen molar-refractivity contribution in [3.63, 3.8) is 0 Å². The standard InChI is InChI=1S/C49H80O6/c1-4-7-10-13-16-18-20-22-24-26-28-30-33-36-39-42-48(51)54-45-46(44-53-47(50)41-38-35-32-15-12-9-6-3)55-49(52)43-40-37-34-31-29-27-25-23-21-19-17-14-11-8-5-2/h7-8,10-11,16-19,22-25,28,30,46H,4-6,9,12-15,20-21,26-27,29,31-45H2,1-3H3/b10-7-,11-8-,18-16-,19-17-,24-22-,25-23-,30-28-. The number of esters is 3. The van der Waals surface area contributed by atoms with E-state index in [1.165, 1.54) is 25.7 Å². The van der Waals surface area contributed by atoms with Gasteiger partial charge in [0.2, 0.25) is 0 Å². The largest absolute Gasteiger partial charge is 0.462 e. The van der Waals surface area contributed by atoms with Crippen molar-refractivity contribution < 1.29 is 28.6 Å². The maximum absolute atomic E-state index is 12.7. The normalized spacial score (nSPS) is 12.9. The minimum absolute atomic E-state index is 0.0978. The van der Waals surface area contributed by atoms with Crippen molar-refractivity contribution in [1.29, 1.82) is 0 Å². The van der Waals surface area contributed by atoms with Crippen molar-refractivity contribution in [2.24, 2.45) is 0 Å². The van der Waals surface area contributed by atoms with Gasteiger partial charge in [0.15, 0.2) is 6.10 Å². The van der Waals surface area contributed by atoms with Gasteiger partial charge in [0.05, 0.1) is 0 Å². The molecule has 1 unspecified atom stereocenters. The van der Waals surface area contributed by atoms with Gasteiger partial charge in [-0.3, -0.25) is 14.4 Å². The van der Waals surface area contributed by atoms with E-state index in [1.54, 1.807) is 0 Å². The SMILES string of the molecule is CC/C=C\C/C=C\C/C=C\C/C=C\CCCCC(=O)OCC(COC(=O)CCCCCCCCC)OC(=O)CCCCCCC/C=C\C/C=C\C/C=C\CC. The van der Waals surface area contributed by atoms with Crippen molar-refractivity contribution in [1.82, 2.24) is 0 Å². The van der Waals surface area contributed by atoms with Gasteiger partial charge >= 0.3 is 17.9 Å². The number of ether oxygens (including phenoxy) is 3. The highest BCUT2D eigenvalue weighted by atomic mass is 16.6. The molecule has 0 saturated heterocycles. The van der Waals surface area contributed by atoms with Crippen LogP contribution in [0.2, 0.25) is 0 Å². The van der Waals surface area contributed by atoms with Gasteiger partial charge in [0.1, 0.15) is 13.2 Å². The molecule has 0 amide bonds. The highest BCUT2D eigenvalue weighted by Crippen LogP contribution is 2.12. The zero-order valence-electron chi connectivity index (χ0n) is 35.4. The van der Waals surface area contributed by atoms with Crippen molar-refractivity contribution in [2.75, 3.05) is 13.2 Å². The van der Waals surface area contributed by atoms with E-state index in [1.807, 2.05) is 0 Å². The highest BCUT2D eigenvalue weighted by Gasteiger charge is 2.19. The molecule has 312 valence electrons. The maximum Gasteiger partial charge on any atom is 0.306 e. The number of hydrogen-bond acceptors (Lipinski definition) is 6. The average Bonchev–Trinajstić information content (AvgIpc) is 3.18. The first-order valence-corrected chi connectivity index (χ1v) is 22.1. The Kier molecular flexibility index (Phi) is 40.6. The zero-order valence-corrected chi connectivity index (χ0v) is 35.4. The molecular weight excluding hydrogens is 685 g/mol. The second kappa shape index (κ2) is 43.3. The van der Waals surface area contributed by atoms with Gasteiger partial charge in [0, 0.05) is 19.3 Å². The van der Waals surface area contributed by atoms with Crippen LogP contribution in [0.1, 0.15) is 188 Å². The minimum atomic E-state index is -0.798. The summed E-state index contributed by atoms with van der Waals surface area (Å²) in [5.41, 5.74) is 0. The van der Waals surface area contributed by atoms with Gasteiger partial charge in [0.25, 0.3) is 0 Å². The van der Waals surface area contributed by atoms with Crippen LogP contribution in [0.15, 0.2) is 85.1 Å². The Morgan fingerprint density at radius 1 is 0.382 bits per heavy atom. The second-order valence-corrected chi connectivity index (χ2v) is 14.2. The van der Waals surface area contributed by atoms with E-state index in [0.717, 1.165) is 122 Å². The summed E-state index contributed by atoms with van der Waals surface area (Å²) in [6.07, 6.45) is 54.3. The molecule has 0 heterocycles. The van der Waals surface area contributed by atoms with Gasteiger partial charge in [-0.2, -0.15) is 0 Å². The molecular formula is C49H80O6. The van der Waals surface area contributed by atoms with Crippen molar-refractivity contribution in [3.8, 4) is 0 Å². The first kappa shape index (κ1) is 51.6. The molecule has 0 aromatic heterocycles. The topological polar surface area (TPSA) is 78.9 Å². The molecule has 0 rings (SSSR count). The van der Waals surface area contributed by atoms with E-state index in [0.29, 0.717) is 19.3 Å². The Balaban J connectivity index is 4.44. The molecule has 55 heavy (non-hydrogen) atoms. The van der Waals surface area contributed by atoms with Crippen LogP contribution in [0.25, 0.3) is 0 Å². The summed E-state index contributed by atoms with van der Waals surface area (Å²) in [6, 6.07) is 0. The molecule has 0 aromatic carbocycles. The Morgan fingerprint density at radius 3 is 1.15 bits per heavy atom. The summed E-state index contributed by atoms with van der Waals surface area (Å²) in [6.45, 7) is 6.29. The fourth-order valence-corrected chi connectivity index (χ4v) is 5.62. The van der Waals surface area contributed by atoms with Crippen LogP contribution in [-0.4, -0.2) is 37.2 Å². The van der Waals surface area contributed by atoms with Crippen LogP contribution in [0.4, 0.5) is 0 Å². The quantitative estimate of drug-likeness (QED) is 0.0270. The smallest absolute Gasteiger partial charge is 0.306 e. The summed E-state index contributed by atoms with van der Waals surface area (Å²) in [5.74, 6) is -0.974. The summed E-state index contributed by atoms with van der Waals surface area (Å²) in [4.78, 5) is 37.6. The average molecular weight is 765 g/mol. The van der Waals surface area contributed by atoms with Crippen molar-refractivity contribution in [2.45, 2.75) is 194 Å². The number of rotatable bonds is 38. The summed E-state index contributed by atoms with van der Waals surface area (Å²) < 4.78 is 16.6. The first-order chi connectivity index (χ1) is 27.0. The lowest BCUT2D eigenvalue weighted by atomic mass is 10.1. The summed E-state index contributed by atoms with van der Waals surface area (Å²) >= 11 is 0. The van der Waals surface area contributed by atoms with Crippen LogP contribution in [0.3, 0.4) is 0 Å². The molecule has 6 nitrogen and oxygen atoms in total. The monoisotopic (exact) mass is 765 g/mol. The van der Waals surface area contributed by atoms with E-state index in [2.05, 4.69) is 106 Å². The lowest BCUT2D eigenvalue weighted by Crippen LogP contribution is -2.30. The highest BCUT2D eigenvalue weighted by molar-refractivity contribution is 5.71. The number of carbonyl (C=O) groups excluding carboxylic acids is 3. The lowest BCUT2D eigenvalue weighted by molar-refractivity contribution is -0.167. The summed E-state index contributed by atoms with van der Waals surface area (Å²) in [7, 11) is 0. The molecule has 0 spiro atoms. The lowest BCUT2D eigenvalue weighted by Gasteiger charge is -2.18. The van der Waals surface area contributed by atoms with Crippen LogP contribution in [0, 0.1) is 0 Å². The second-order valence-electron chi connectivity index (χ2n) is 14.2. The fraction of sp³-hybridized carbons (Fsp3) is 0.653. The Hall–Kier alpha value is -3.41. The molecule has 0 aliphatic carbocycles. The fourth-order valence-electron chi connectivity index (χ4n) is 5.62. The van der Waals surface area contributed by atoms with Crippen LogP contribution < -0.4 is 0 Å². The van der Waals surface area contributed by atoms with Gasteiger partial charge in [-0.05, 0) is 89.9 Å². The third-order valence-electron chi connectivity index (χ3n) is 8.90. The number of hydrogen-bond donors (Lipinski definition) is 0. The van der Waals surface area contributed by atoms with Crippen LogP contribution in [0.5, 0.6) is 0 Å². The van der Waals surface area contributed by atoms with E-state index in [9.17, 15) is 14.4 Å². The number of allylic oxidation sites excluding steroid dienone is 14. The Morgan fingerprint density at radius 2 is 0.709 bits per heavy atom. The predicted molar refractivity (Wildman–Crippen MR) is 233 cm³/mol. The maximum atomic E-state index is 12.7. The molecule has 0 fully saturated rings. The number of unbranched alkanes of at least 4 members (excludes halogenated alkanes) is 13. The van der Waals surface area contributed by atoms with Gasteiger partial charge < -0.3 is 14.2 Å². The molecule has 0 N–H and O–H groups in total. The molecule has 1 atom stereocenters. The van der Waals surface area contributed by atoms with E-state index in [-0.39, 0.29) is 31.1 Å². The van der Waals surface area contributed by atoms with Crippen molar-refractivity contribution >= 4 is 17.9 Å². The predicted octanol–water partition coefficient (Wildman–Crippen LogP) is 14.1.